The number of rotatable bonds is 5. The van der Waals surface area contributed by atoms with Crippen molar-refractivity contribution in [3.8, 4) is 11.5 Å². The van der Waals surface area contributed by atoms with Crippen LogP contribution >= 0.6 is 0 Å². The molecule has 3 aromatic rings. The van der Waals surface area contributed by atoms with Crippen molar-refractivity contribution in [2.24, 2.45) is 0 Å². The van der Waals surface area contributed by atoms with Crippen molar-refractivity contribution >= 4 is 17.5 Å². The predicted molar refractivity (Wildman–Crippen MR) is 123 cm³/mol. The second-order valence-electron chi connectivity index (χ2n) is 7.97. The van der Waals surface area contributed by atoms with E-state index in [1.165, 1.54) is 0 Å². The van der Waals surface area contributed by atoms with Gasteiger partial charge in [0.2, 0.25) is 0 Å². The molecule has 0 saturated carbocycles. The van der Waals surface area contributed by atoms with Gasteiger partial charge in [-0.25, -0.2) is 0 Å². The minimum atomic E-state index is -0.638. The Hall–Kier alpha value is -3.84. The zero-order valence-corrected chi connectivity index (χ0v) is 18.0. The lowest BCUT2D eigenvalue weighted by Gasteiger charge is -2.26. The molecule has 2 amide bonds. The van der Waals surface area contributed by atoms with E-state index in [4.69, 9.17) is 14.2 Å². The van der Waals surface area contributed by atoms with Crippen molar-refractivity contribution < 1.29 is 23.8 Å². The minimum Gasteiger partial charge on any atom is -0.486 e. The molecule has 7 nitrogen and oxygen atoms in total. The zero-order valence-electron chi connectivity index (χ0n) is 18.0. The van der Waals surface area contributed by atoms with E-state index in [0.717, 1.165) is 17.5 Å². The van der Waals surface area contributed by atoms with E-state index in [-0.39, 0.29) is 17.9 Å². The Balaban J connectivity index is 1.15. The first-order valence-electron chi connectivity index (χ1n) is 10.9. The molecule has 0 saturated heterocycles. The molecule has 3 aromatic carbocycles. The van der Waals surface area contributed by atoms with E-state index < -0.39 is 6.10 Å². The highest BCUT2D eigenvalue weighted by atomic mass is 16.6. The number of hydrogen-bond acceptors (Lipinski definition) is 5. The van der Waals surface area contributed by atoms with E-state index >= 15 is 0 Å². The average Bonchev–Trinajstić information content (AvgIpc) is 2.87. The summed E-state index contributed by atoms with van der Waals surface area (Å²) in [6, 6.07) is 22.0. The highest BCUT2D eigenvalue weighted by Crippen LogP contribution is 2.31. The van der Waals surface area contributed by atoms with Crippen molar-refractivity contribution in [1.29, 1.82) is 0 Å². The summed E-state index contributed by atoms with van der Waals surface area (Å²) in [5.74, 6) is 0.932. The summed E-state index contributed by atoms with van der Waals surface area (Å²) < 4.78 is 17.3. The van der Waals surface area contributed by atoms with Gasteiger partial charge in [-0.3, -0.25) is 9.59 Å². The maximum Gasteiger partial charge on any atom is 0.258 e. The maximum atomic E-state index is 12.8. The molecule has 0 bridgehead atoms. The van der Waals surface area contributed by atoms with Crippen molar-refractivity contribution in [2.45, 2.75) is 18.6 Å². The van der Waals surface area contributed by atoms with Crippen LogP contribution in [-0.4, -0.2) is 37.7 Å². The summed E-state index contributed by atoms with van der Waals surface area (Å²) in [5, 5.41) is 5.75. The molecule has 2 N–H and O–H groups in total. The number of amides is 2. The molecule has 2 aliphatic rings. The van der Waals surface area contributed by atoms with Gasteiger partial charge in [0, 0.05) is 11.3 Å². The van der Waals surface area contributed by atoms with Gasteiger partial charge in [0.25, 0.3) is 11.8 Å². The van der Waals surface area contributed by atoms with Crippen molar-refractivity contribution in [3.05, 3.63) is 89.5 Å². The fraction of sp³-hybridized carbons (Fsp3) is 0.231. The summed E-state index contributed by atoms with van der Waals surface area (Å²) in [7, 11) is 0. The lowest BCUT2D eigenvalue weighted by molar-refractivity contribution is -0.128. The molecule has 0 spiro atoms. The van der Waals surface area contributed by atoms with E-state index in [9.17, 15) is 9.59 Å². The number of hydrogen-bond donors (Lipinski definition) is 2. The summed E-state index contributed by atoms with van der Waals surface area (Å²) in [5.41, 5.74) is 3.12. The molecule has 0 radical (unpaired) electrons. The molecule has 2 aliphatic heterocycles. The SMILES string of the molecule is O=C(NCC1COc2ccccc2O1)c1ccc(NC(=O)C2OCCc3ccccc32)cc1. The monoisotopic (exact) mass is 444 g/mol. The highest BCUT2D eigenvalue weighted by Gasteiger charge is 2.27. The topological polar surface area (TPSA) is 85.9 Å². The number of anilines is 1. The zero-order chi connectivity index (χ0) is 22.6. The number of para-hydroxylation sites is 2. The van der Waals surface area contributed by atoms with Crippen LogP contribution in [0.2, 0.25) is 0 Å². The van der Waals surface area contributed by atoms with Gasteiger partial charge in [0.1, 0.15) is 12.7 Å². The van der Waals surface area contributed by atoms with Crippen molar-refractivity contribution in [1.82, 2.24) is 5.32 Å². The second-order valence-corrected chi connectivity index (χ2v) is 7.97. The molecular weight excluding hydrogens is 420 g/mol. The molecule has 5 rings (SSSR count). The number of ether oxygens (including phenoxy) is 3. The van der Waals surface area contributed by atoms with Crippen LogP contribution in [-0.2, 0) is 16.0 Å². The van der Waals surface area contributed by atoms with Crippen LogP contribution in [0.5, 0.6) is 11.5 Å². The van der Waals surface area contributed by atoms with Gasteiger partial charge < -0.3 is 24.8 Å². The Kier molecular flexibility index (Phi) is 5.95. The quantitative estimate of drug-likeness (QED) is 0.629. The standard InChI is InChI=1S/C26H24N2O5/c29-25(27-15-20-16-32-22-7-3-4-8-23(22)33-20)18-9-11-19(12-10-18)28-26(30)24-21-6-2-1-5-17(21)13-14-31-24/h1-12,20,24H,13-16H2,(H,27,29)(H,28,30). The molecule has 7 heteroatoms. The lowest BCUT2D eigenvalue weighted by atomic mass is 9.97. The van der Waals surface area contributed by atoms with Crippen molar-refractivity contribution in [2.75, 3.05) is 25.1 Å². The summed E-state index contributed by atoms with van der Waals surface area (Å²) in [6.45, 7) is 1.20. The number of benzene rings is 3. The first-order chi connectivity index (χ1) is 16.2. The summed E-state index contributed by atoms with van der Waals surface area (Å²) in [6.07, 6.45) is -0.101. The van der Waals surface area contributed by atoms with Crippen LogP contribution < -0.4 is 20.1 Å². The third-order valence-corrected chi connectivity index (χ3v) is 5.70. The summed E-state index contributed by atoms with van der Waals surface area (Å²) in [4.78, 5) is 25.3. The minimum absolute atomic E-state index is 0.222. The smallest absolute Gasteiger partial charge is 0.258 e. The Bertz CT molecular complexity index is 1160. The highest BCUT2D eigenvalue weighted by molar-refractivity contribution is 5.97. The molecule has 2 heterocycles. The first kappa shape index (κ1) is 21.0. The van der Waals surface area contributed by atoms with Crippen LogP contribution in [0.4, 0.5) is 5.69 Å². The molecule has 168 valence electrons. The largest absolute Gasteiger partial charge is 0.486 e. The molecule has 33 heavy (non-hydrogen) atoms. The van der Waals surface area contributed by atoms with Crippen LogP contribution in [0.1, 0.15) is 27.6 Å². The van der Waals surface area contributed by atoms with E-state index in [1.54, 1.807) is 24.3 Å². The molecule has 2 unspecified atom stereocenters. The Labute approximate surface area is 191 Å². The van der Waals surface area contributed by atoms with Gasteiger partial charge in [0.05, 0.1) is 13.2 Å². The number of fused-ring (bicyclic) bond motifs is 2. The van der Waals surface area contributed by atoms with Gasteiger partial charge in [-0.05, 0) is 53.9 Å². The van der Waals surface area contributed by atoms with Gasteiger partial charge >= 0.3 is 0 Å². The fourth-order valence-corrected chi connectivity index (χ4v) is 4.00. The Morgan fingerprint density at radius 2 is 1.67 bits per heavy atom. The third-order valence-electron chi connectivity index (χ3n) is 5.70. The lowest BCUT2D eigenvalue weighted by Crippen LogP contribution is -2.40. The molecule has 2 atom stereocenters. The number of carbonyl (C=O) groups is 2. The fourth-order valence-electron chi connectivity index (χ4n) is 4.00. The van der Waals surface area contributed by atoms with Crippen molar-refractivity contribution in [3.63, 3.8) is 0 Å². The predicted octanol–water partition coefficient (Wildman–Crippen LogP) is 3.51. The summed E-state index contributed by atoms with van der Waals surface area (Å²) >= 11 is 0. The Morgan fingerprint density at radius 3 is 2.52 bits per heavy atom. The molecule has 0 fully saturated rings. The van der Waals surface area contributed by atoms with E-state index in [2.05, 4.69) is 10.6 Å². The van der Waals surface area contributed by atoms with Gasteiger partial charge in [-0.15, -0.1) is 0 Å². The molecule has 0 aromatic heterocycles. The number of carbonyl (C=O) groups excluding carboxylic acids is 2. The molecular formula is C26H24N2O5. The maximum absolute atomic E-state index is 12.8. The van der Waals surface area contributed by atoms with Crippen LogP contribution in [0.3, 0.4) is 0 Å². The van der Waals surface area contributed by atoms with Crippen LogP contribution in [0, 0.1) is 0 Å². The molecule has 0 aliphatic carbocycles. The van der Waals surface area contributed by atoms with Gasteiger partial charge in [-0.1, -0.05) is 36.4 Å². The van der Waals surface area contributed by atoms with E-state index in [0.29, 0.717) is 42.5 Å². The van der Waals surface area contributed by atoms with Gasteiger partial charge in [-0.2, -0.15) is 0 Å². The van der Waals surface area contributed by atoms with Crippen LogP contribution in [0.15, 0.2) is 72.8 Å². The van der Waals surface area contributed by atoms with Crippen LogP contribution in [0.25, 0.3) is 0 Å². The third kappa shape index (κ3) is 4.68. The first-order valence-corrected chi connectivity index (χ1v) is 10.9. The number of nitrogens with one attached hydrogen (secondary N) is 2. The normalized spacial score (nSPS) is 18.7. The average molecular weight is 444 g/mol. The second kappa shape index (κ2) is 9.34. The van der Waals surface area contributed by atoms with E-state index in [1.807, 2.05) is 48.5 Å². The Morgan fingerprint density at radius 1 is 0.909 bits per heavy atom. The van der Waals surface area contributed by atoms with Gasteiger partial charge in [0.15, 0.2) is 17.6 Å².